The minimum Gasteiger partial charge on any atom is -0.445 e. The molecule has 4 heteroatoms. The molecule has 1 aliphatic heterocycles. The van der Waals surface area contributed by atoms with Crippen LogP contribution in [-0.4, -0.2) is 23.1 Å². The Morgan fingerprint density at radius 3 is 2.16 bits per heavy atom. The number of benzene rings is 3. The molecular formula is C28H29NO3. The Morgan fingerprint density at radius 2 is 1.56 bits per heavy atom. The average Bonchev–Trinajstić information content (AvgIpc) is 2.84. The average molecular weight is 428 g/mol. The van der Waals surface area contributed by atoms with Crippen LogP contribution in [0.3, 0.4) is 0 Å². The summed E-state index contributed by atoms with van der Waals surface area (Å²) in [5.41, 5.74) is 2.42. The Balaban J connectivity index is 1.70. The molecule has 0 saturated carbocycles. The van der Waals surface area contributed by atoms with Crippen molar-refractivity contribution in [2.45, 2.75) is 37.7 Å². The van der Waals surface area contributed by atoms with Crippen molar-refractivity contribution in [1.29, 1.82) is 0 Å². The van der Waals surface area contributed by atoms with Gasteiger partial charge in [-0.15, -0.1) is 6.58 Å². The third kappa shape index (κ3) is 4.92. The summed E-state index contributed by atoms with van der Waals surface area (Å²) in [5.74, 6) is 0. The van der Waals surface area contributed by atoms with Crippen molar-refractivity contribution in [3.63, 3.8) is 0 Å². The van der Waals surface area contributed by atoms with Crippen LogP contribution in [-0.2, 0) is 16.1 Å². The molecule has 0 radical (unpaired) electrons. The molecule has 0 aromatic heterocycles. The highest BCUT2D eigenvalue weighted by Crippen LogP contribution is 2.45. The van der Waals surface area contributed by atoms with Crippen LogP contribution in [0.5, 0.6) is 0 Å². The van der Waals surface area contributed by atoms with Gasteiger partial charge in [-0.1, -0.05) is 97.1 Å². The van der Waals surface area contributed by atoms with Gasteiger partial charge in [0.05, 0.1) is 18.2 Å². The fraction of sp³-hybridized carbons (Fsp3) is 0.250. The van der Waals surface area contributed by atoms with E-state index in [-0.39, 0.29) is 24.8 Å². The molecule has 1 amide bonds. The first-order valence-electron chi connectivity index (χ1n) is 11.0. The van der Waals surface area contributed by atoms with Crippen LogP contribution < -0.4 is 0 Å². The Hall–Kier alpha value is -3.37. The van der Waals surface area contributed by atoms with E-state index in [1.807, 2.05) is 109 Å². The van der Waals surface area contributed by atoms with E-state index in [2.05, 4.69) is 6.58 Å². The van der Waals surface area contributed by atoms with Crippen LogP contribution in [0.2, 0.25) is 0 Å². The van der Waals surface area contributed by atoms with Crippen molar-refractivity contribution in [1.82, 2.24) is 4.90 Å². The Labute approximate surface area is 190 Å². The molecule has 0 unspecified atom stereocenters. The summed E-state index contributed by atoms with van der Waals surface area (Å²) >= 11 is 0. The summed E-state index contributed by atoms with van der Waals surface area (Å²) < 4.78 is 12.5. The molecule has 3 atom stereocenters. The summed E-state index contributed by atoms with van der Waals surface area (Å²) in [5, 5.41) is 0. The van der Waals surface area contributed by atoms with E-state index >= 15 is 0 Å². The number of amides is 1. The van der Waals surface area contributed by atoms with Gasteiger partial charge >= 0.3 is 6.09 Å². The summed E-state index contributed by atoms with van der Waals surface area (Å²) in [4.78, 5) is 15.3. The molecule has 32 heavy (non-hydrogen) atoms. The lowest BCUT2D eigenvalue weighted by atomic mass is 9.88. The summed E-state index contributed by atoms with van der Waals surface area (Å²) in [6, 6.07) is 29.5. The monoisotopic (exact) mass is 427 g/mol. The van der Waals surface area contributed by atoms with E-state index in [1.54, 1.807) is 0 Å². The van der Waals surface area contributed by atoms with Crippen molar-refractivity contribution >= 4 is 6.09 Å². The molecule has 3 aromatic carbocycles. The second-order valence-electron chi connectivity index (χ2n) is 8.42. The third-order valence-electron chi connectivity index (χ3n) is 5.82. The first-order chi connectivity index (χ1) is 15.6. The van der Waals surface area contributed by atoms with Gasteiger partial charge < -0.3 is 9.47 Å². The largest absolute Gasteiger partial charge is 0.445 e. The predicted molar refractivity (Wildman–Crippen MR) is 126 cm³/mol. The summed E-state index contributed by atoms with van der Waals surface area (Å²) in [6.07, 6.45) is 1.79. The van der Waals surface area contributed by atoms with Crippen LogP contribution in [0.4, 0.5) is 4.79 Å². The Kier molecular flexibility index (Phi) is 6.72. The molecule has 0 aliphatic carbocycles. The highest BCUT2D eigenvalue weighted by atomic mass is 16.6. The van der Waals surface area contributed by atoms with Gasteiger partial charge in [0.15, 0.2) is 0 Å². The number of hydrogen-bond acceptors (Lipinski definition) is 3. The number of rotatable bonds is 6. The Morgan fingerprint density at radius 1 is 1.00 bits per heavy atom. The summed E-state index contributed by atoms with van der Waals surface area (Å²) in [7, 11) is 0. The molecule has 4 rings (SSSR count). The first-order valence-corrected chi connectivity index (χ1v) is 11.0. The molecule has 1 saturated heterocycles. The quantitative estimate of drug-likeness (QED) is 0.423. The van der Waals surface area contributed by atoms with Crippen molar-refractivity contribution < 1.29 is 14.3 Å². The lowest BCUT2D eigenvalue weighted by Gasteiger charge is -2.49. The molecule has 1 heterocycles. The van der Waals surface area contributed by atoms with Crippen molar-refractivity contribution in [3.8, 4) is 0 Å². The fourth-order valence-electron chi connectivity index (χ4n) is 4.33. The van der Waals surface area contributed by atoms with Crippen LogP contribution in [0.15, 0.2) is 104 Å². The van der Waals surface area contributed by atoms with E-state index < -0.39 is 5.60 Å². The second-order valence-corrected chi connectivity index (χ2v) is 8.42. The minimum atomic E-state index is -0.570. The topological polar surface area (TPSA) is 38.8 Å². The molecule has 164 valence electrons. The smallest absolute Gasteiger partial charge is 0.410 e. The number of nitrogens with zero attached hydrogens (tertiary/aromatic N) is 1. The molecule has 4 nitrogen and oxygen atoms in total. The zero-order valence-electron chi connectivity index (χ0n) is 18.4. The molecule has 1 aliphatic rings. The molecule has 0 bridgehead atoms. The standard InChI is InChI=1S/C28H29NO3/c1-3-19-28(2)21-29(27(30)31-20-22-13-7-4-8-14-22)25(23-15-9-5-10-16-23)26(32-28)24-17-11-6-12-18-24/h3-18,25-26H,1,19-21H2,2H3/t25-,26+,28+/m1/s1. The van der Waals surface area contributed by atoms with Gasteiger partial charge in [0.1, 0.15) is 12.7 Å². The second kappa shape index (κ2) is 9.84. The van der Waals surface area contributed by atoms with E-state index in [0.717, 1.165) is 16.7 Å². The van der Waals surface area contributed by atoms with E-state index in [9.17, 15) is 4.79 Å². The number of ether oxygens (including phenoxy) is 2. The first kappa shape index (κ1) is 21.8. The van der Waals surface area contributed by atoms with Gasteiger partial charge in [-0.3, -0.25) is 4.90 Å². The predicted octanol–water partition coefficient (Wildman–Crippen LogP) is 6.47. The molecule has 0 N–H and O–H groups in total. The highest BCUT2D eigenvalue weighted by molar-refractivity contribution is 5.69. The van der Waals surface area contributed by atoms with Crippen LogP contribution in [0.25, 0.3) is 0 Å². The van der Waals surface area contributed by atoms with E-state index in [4.69, 9.17) is 9.47 Å². The van der Waals surface area contributed by atoms with Crippen LogP contribution in [0, 0.1) is 0 Å². The number of morpholine rings is 1. The molecule has 1 fully saturated rings. The third-order valence-corrected chi connectivity index (χ3v) is 5.82. The van der Waals surface area contributed by atoms with E-state index in [1.165, 1.54) is 0 Å². The van der Waals surface area contributed by atoms with Crippen LogP contribution in [0.1, 0.15) is 42.2 Å². The highest BCUT2D eigenvalue weighted by Gasteiger charge is 2.46. The lowest BCUT2D eigenvalue weighted by Crippen LogP contribution is -2.54. The normalized spacial score (nSPS) is 22.8. The van der Waals surface area contributed by atoms with Gasteiger partial charge in [-0.2, -0.15) is 0 Å². The summed E-state index contributed by atoms with van der Waals surface area (Å²) in [6.45, 7) is 6.58. The maximum Gasteiger partial charge on any atom is 0.410 e. The zero-order chi connectivity index (χ0) is 22.4. The van der Waals surface area contributed by atoms with Crippen molar-refractivity contribution in [2.24, 2.45) is 0 Å². The molecule has 3 aromatic rings. The van der Waals surface area contributed by atoms with Crippen LogP contribution >= 0.6 is 0 Å². The number of hydrogen-bond donors (Lipinski definition) is 0. The van der Waals surface area contributed by atoms with Crippen molar-refractivity contribution in [2.75, 3.05) is 6.54 Å². The van der Waals surface area contributed by atoms with Gasteiger partial charge in [-0.25, -0.2) is 4.79 Å². The number of carbonyl (C=O) groups is 1. The van der Waals surface area contributed by atoms with Gasteiger partial charge in [-0.05, 0) is 30.0 Å². The number of carbonyl (C=O) groups excluding carboxylic acids is 1. The van der Waals surface area contributed by atoms with Crippen molar-refractivity contribution in [3.05, 3.63) is 120 Å². The lowest BCUT2D eigenvalue weighted by molar-refractivity contribution is -0.169. The maximum absolute atomic E-state index is 13.4. The minimum absolute atomic E-state index is 0.229. The fourth-order valence-corrected chi connectivity index (χ4v) is 4.33. The van der Waals surface area contributed by atoms with E-state index in [0.29, 0.717) is 13.0 Å². The molecule has 0 spiro atoms. The van der Waals surface area contributed by atoms with Gasteiger partial charge in [0.25, 0.3) is 0 Å². The SMILES string of the molecule is C=CC[C@@]1(C)CN(C(=O)OCc2ccccc2)[C@H](c2ccccc2)[C@H](c2ccccc2)O1. The van der Waals surface area contributed by atoms with Gasteiger partial charge in [0.2, 0.25) is 0 Å². The van der Waals surface area contributed by atoms with Gasteiger partial charge in [0, 0.05) is 0 Å². The zero-order valence-corrected chi connectivity index (χ0v) is 18.4. The molecular weight excluding hydrogens is 398 g/mol. The Bertz CT molecular complexity index is 1020. The maximum atomic E-state index is 13.4.